The van der Waals surface area contributed by atoms with Crippen molar-refractivity contribution in [2.75, 3.05) is 26.2 Å². The van der Waals surface area contributed by atoms with Crippen LogP contribution in [0.3, 0.4) is 0 Å². The van der Waals surface area contributed by atoms with Gasteiger partial charge in [-0.3, -0.25) is 9.47 Å². The second-order valence-electron chi connectivity index (χ2n) is 6.43. The van der Waals surface area contributed by atoms with Gasteiger partial charge in [-0.05, 0) is 32.4 Å². The third-order valence-electron chi connectivity index (χ3n) is 4.46. The minimum atomic E-state index is -0.00392. The summed E-state index contributed by atoms with van der Waals surface area (Å²) in [6, 6.07) is 7.88. The molecular weight excluding hydrogens is 264 g/mol. The zero-order valence-corrected chi connectivity index (χ0v) is 12.9. The van der Waals surface area contributed by atoms with Gasteiger partial charge in [-0.1, -0.05) is 12.1 Å². The highest BCUT2D eigenvalue weighted by Gasteiger charge is 2.28. The molecule has 0 amide bonds. The first-order valence-electron chi connectivity index (χ1n) is 7.71. The quantitative estimate of drug-likeness (QED) is 0.894. The van der Waals surface area contributed by atoms with Crippen LogP contribution in [-0.4, -0.2) is 46.2 Å². The number of aryl methyl sites for hydroxylation is 1. The summed E-state index contributed by atoms with van der Waals surface area (Å²) < 4.78 is 1.85. The van der Waals surface area contributed by atoms with Gasteiger partial charge in [-0.25, -0.2) is 4.79 Å². The van der Waals surface area contributed by atoms with E-state index in [2.05, 4.69) is 29.0 Å². The largest absolute Gasteiger partial charge is 0.326 e. The van der Waals surface area contributed by atoms with E-state index in [9.17, 15) is 4.79 Å². The molecule has 0 aliphatic carbocycles. The molecule has 1 fully saturated rings. The molecule has 2 aromatic rings. The average Bonchev–Trinajstić information content (AvgIpc) is 2.77. The van der Waals surface area contributed by atoms with E-state index in [1.165, 1.54) is 0 Å². The van der Waals surface area contributed by atoms with Gasteiger partial charge in [0.2, 0.25) is 0 Å². The van der Waals surface area contributed by atoms with Crippen LogP contribution in [0.4, 0.5) is 0 Å². The lowest BCUT2D eigenvalue weighted by atomic mass is 10.00. The van der Waals surface area contributed by atoms with E-state index in [1.807, 2.05) is 28.8 Å². The van der Waals surface area contributed by atoms with Crippen LogP contribution in [0.2, 0.25) is 0 Å². The Morgan fingerprint density at radius 1 is 1.24 bits per heavy atom. The Kier molecular flexibility index (Phi) is 3.87. The Morgan fingerprint density at radius 3 is 2.86 bits per heavy atom. The highest BCUT2D eigenvalue weighted by molar-refractivity contribution is 5.74. The topological polar surface area (TPSA) is 53.1 Å². The van der Waals surface area contributed by atoms with Crippen LogP contribution in [0.25, 0.3) is 11.0 Å². The summed E-state index contributed by atoms with van der Waals surface area (Å²) in [6.07, 6.45) is 0.991. The lowest BCUT2D eigenvalue weighted by Gasteiger charge is -2.42. The lowest BCUT2D eigenvalue weighted by Crippen LogP contribution is -2.58. The fourth-order valence-corrected chi connectivity index (χ4v) is 3.19. The minimum Gasteiger partial charge on any atom is -0.314 e. The molecule has 5 heteroatoms. The van der Waals surface area contributed by atoms with Gasteiger partial charge in [-0.2, -0.15) is 0 Å². The number of aromatic nitrogens is 2. The van der Waals surface area contributed by atoms with E-state index in [4.69, 9.17) is 0 Å². The number of benzene rings is 1. The number of rotatable bonds is 4. The van der Waals surface area contributed by atoms with Crippen molar-refractivity contribution in [3.05, 3.63) is 34.7 Å². The molecule has 0 saturated carbocycles. The molecule has 2 heterocycles. The van der Waals surface area contributed by atoms with E-state index in [0.717, 1.165) is 50.2 Å². The normalized spacial score (nSPS) is 19.1. The van der Waals surface area contributed by atoms with Gasteiger partial charge in [-0.15, -0.1) is 0 Å². The molecule has 21 heavy (non-hydrogen) atoms. The molecule has 5 nitrogen and oxygen atoms in total. The molecule has 0 bridgehead atoms. The number of piperazine rings is 1. The van der Waals surface area contributed by atoms with Gasteiger partial charge in [0.05, 0.1) is 11.0 Å². The Morgan fingerprint density at radius 2 is 2.05 bits per heavy atom. The molecule has 1 saturated heterocycles. The Hall–Kier alpha value is -1.59. The smallest absolute Gasteiger partial charge is 0.314 e. The number of nitrogens with zero attached hydrogens (tertiary/aromatic N) is 2. The predicted octanol–water partition coefficient (Wildman–Crippen LogP) is 1.40. The van der Waals surface area contributed by atoms with Crippen LogP contribution in [0.1, 0.15) is 20.3 Å². The van der Waals surface area contributed by atoms with Crippen LogP contribution in [0.5, 0.6) is 0 Å². The molecule has 0 radical (unpaired) electrons. The van der Waals surface area contributed by atoms with E-state index in [1.54, 1.807) is 0 Å². The van der Waals surface area contributed by atoms with Crippen molar-refractivity contribution in [1.29, 1.82) is 0 Å². The number of nitrogens with one attached hydrogen (secondary N) is 2. The summed E-state index contributed by atoms with van der Waals surface area (Å²) in [5.41, 5.74) is 2.12. The Balaban J connectivity index is 1.67. The predicted molar refractivity (Wildman–Crippen MR) is 85.7 cm³/mol. The molecular formula is C16H24N4O. The molecule has 0 spiro atoms. The summed E-state index contributed by atoms with van der Waals surface area (Å²) in [5.74, 6) is 0. The monoisotopic (exact) mass is 288 g/mol. The van der Waals surface area contributed by atoms with Gasteiger partial charge in [0.15, 0.2) is 0 Å². The van der Waals surface area contributed by atoms with Crippen LogP contribution in [0, 0.1) is 0 Å². The SMILES string of the molecule is CC1(C)CNCCN1CCCn1c(=O)[nH]c2ccccc21. The molecule has 0 atom stereocenters. The maximum atomic E-state index is 12.0. The van der Waals surface area contributed by atoms with E-state index in [0.29, 0.717) is 0 Å². The number of aromatic amines is 1. The fraction of sp³-hybridized carbons (Fsp3) is 0.562. The standard InChI is InChI=1S/C16H24N4O/c1-16(2)12-17-8-11-19(16)9-5-10-20-14-7-4-3-6-13(14)18-15(20)21/h3-4,6-7,17H,5,8-12H2,1-2H3,(H,18,21). The van der Waals surface area contributed by atoms with Crippen LogP contribution in [-0.2, 0) is 6.54 Å². The second-order valence-corrected chi connectivity index (χ2v) is 6.43. The van der Waals surface area contributed by atoms with Gasteiger partial charge >= 0.3 is 5.69 Å². The number of hydrogen-bond donors (Lipinski definition) is 2. The van der Waals surface area contributed by atoms with Crippen molar-refractivity contribution in [3.63, 3.8) is 0 Å². The van der Waals surface area contributed by atoms with Gasteiger partial charge < -0.3 is 10.3 Å². The highest BCUT2D eigenvalue weighted by Crippen LogP contribution is 2.17. The summed E-state index contributed by atoms with van der Waals surface area (Å²) in [5, 5.41) is 3.44. The van der Waals surface area contributed by atoms with E-state index in [-0.39, 0.29) is 11.2 Å². The number of H-pyrrole nitrogens is 1. The van der Waals surface area contributed by atoms with Crippen LogP contribution in [0.15, 0.2) is 29.1 Å². The van der Waals surface area contributed by atoms with Crippen LogP contribution < -0.4 is 11.0 Å². The van der Waals surface area contributed by atoms with Crippen molar-refractivity contribution in [3.8, 4) is 0 Å². The van der Waals surface area contributed by atoms with Crippen molar-refractivity contribution in [1.82, 2.24) is 19.8 Å². The Bertz CT molecular complexity index is 670. The van der Waals surface area contributed by atoms with Gasteiger partial charge in [0.1, 0.15) is 0 Å². The first-order chi connectivity index (χ1) is 10.1. The third-order valence-corrected chi connectivity index (χ3v) is 4.46. The first-order valence-corrected chi connectivity index (χ1v) is 7.71. The molecule has 0 unspecified atom stereocenters. The summed E-state index contributed by atoms with van der Waals surface area (Å²) in [6.45, 7) is 9.50. The van der Waals surface area contributed by atoms with E-state index >= 15 is 0 Å². The minimum absolute atomic E-state index is 0.00392. The number of hydrogen-bond acceptors (Lipinski definition) is 3. The van der Waals surface area contributed by atoms with Crippen LogP contribution >= 0.6 is 0 Å². The molecule has 2 N–H and O–H groups in total. The zero-order valence-electron chi connectivity index (χ0n) is 12.9. The maximum Gasteiger partial charge on any atom is 0.326 e. The first kappa shape index (κ1) is 14.4. The van der Waals surface area contributed by atoms with Crippen molar-refractivity contribution in [2.45, 2.75) is 32.4 Å². The molecule has 1 aromatic carbocycles. The van der Waals surface area contributed by atoms with Crippen molar-refractivity contribution in [2.24, 2.45) is 0 Å². The highest BCUT2D eigenvalue weighted by atomic mass is 16.1. The summed E-state index contributed by atoms with van der Waals surface area (Å²) in [7, 11) is 0. The Labute approximate surface area is 125 Å². The fourth-order valence-electron chi connectivity index (χ4n) is 3.19. The molecule has 1 aliphatic rings. The zero-order chi connectivity index (χ0) is 14.9. The summed E-state index contributed by atoms with van der Waals surface area (Å²) >= 11 is 0. The van der Waals surface area contributed by atoms with Crippen molar-refractivity contribution < 1.29 is 0 Å². The van der Waals surface area contributed by atoms with E-state index < -0.39 is 0 Å². The molecule has 1 aromatic heterocycles. The van der Waals surface area contributed by atoms with Crippen molar-refractivity contribution >= 4 is 11.0 Å². The lowest BCUT2D eigenvalue weighted by molar-refractivity contribution is 0.0881. The van der Waals surface area contributed by atoms with Gasteiger partial charge in [0.25, 0.3) is 0 Å². The third kappa shape index (κ3) is 2.89. The van der Waals surface area contributed by atoms with Gasteiger partial charge in [0, 0.05) is 38.3 Å². The average molecular weight is 288 g/mol. The number of imidazole rings is 1. The second kappa shape index (κ2) is 5.66. The number of para-hydroxylation sites is 2. The summed E-state index contributed by atoms with van der Waals surface area (Å²) in [4.78, 5) is 17.5. The molecule has 114 valence electrons. The molecule has 1 aliphatic heterocycles. The molecule has 3 rings (SSSR count). The number of fused-ring (bicyclic) bond motifs is 1. The maximum absolute atomic E-state index is 12.0.